The number of phenolic OH excluding ortho intramolecular Hbond substituents is 1. The lowest BCUT2D eigenvalue weighted by Gasteiger charge is -2.09. The second-order valence-electron chi connectivity index (χ2n) is 4.30. The highest BCUT2D eigenvalue weighted by atomic mass is 16.5. The van der Waals surface area contributed by atoms with Crippen LogP contribution in [0, 0.1) is 0 Å². The van der Waals surface area contributed by atoms with Crippen molar-refractivity contribution in [1.82, 2.24) is 0 Å². The molecule has 82 valence electrons. The zero-order chi connectivity index (χ0) is 10.9. The van der Waals surface area contributed by atoms with Gasteiger partial charge in [0.25, 0.3) is 0 Å². The maximum Gasteiger partial charge on any atom is 0.121 e. The van der Waals surface area contributed by atoms with Crippen LogP contribution in [0.4, 0.5) is 0 Å². The van der Waals surface area contributed by atoms with E-state index in [2.05, 4.69) is 0 Å². The first-order valence-electron chi connectivity index (χ1n) is 5.15. The Morgan fingerprint density at radius 1 is 1.40 bits per heavy atom. The van der Waals surface area contributed by atoms with Crippen molar-refractivity contribution in [2.45, 2.75) is 31.5 Å². The Morgan fingerprint density at radius 2 is 2.13 bits per heavy atom. The highest BCUT2D eigenvalue weighted by molar-refractivity contribution is 5.37. The Balaban J connectivity index is 2.10. The van der Waals surface area contributed by atoms with Gasteiger partial charge < -0.3 is 14.9 Å². The molecular weight excluding hydrogens is 192 g/mol. The van der Waals surface area contributed by atoms with Crippen LogP contribution >= 0.6 is 0 Å². The zero-order valence-electron chi connectivity index (χ0n) is 8.86. The normalized spacial score (nSPS) is 17.7. The number of aliphatic hydroxyl groups is 1. The molecule has 1 fully saturated rings. The summed E-state index contributed by atoms with van der Waals surface area (Å²) in [7, 11) is 1.60. The number of benzene rings is 1. The number of rotatable bonds is 4. The molecule has 2 rings (SSSR count). The summed E-state index contributed by atoms with van der Waals surface area (Å²) in [6, 6.07) is 5.49. The second-order valence-corrected chi connectivity index (χ2v) is 4.30. The fraction of sp³-hybridized carbons (Fsp3) is 0.500. The number of phenols is 1. The SMILES string of the molecule is COCc1ccc(CC2(O)CC2)cc1O. The third kappa shape index (κ3) is 2.49. The molecular formula is C12H16O3. The third-order valence-electron chi connectivity index (χ3n) is 2.81. The van der Waals surface area contributed by atoms with Crippen LogP contribution in [-0.2, 0) is 17.8 Å². The van der Waals surface area contributed by atoms with E-state index < -0.39 is 5.60 Å². The van der Waals surface area contributed by atoms with Crippen LogP contribution in [0.25, 0.3) is 0 Å². The molecule has 0 radical (unpaired) electrons. The minimum absolute atomic E-state index is 0.249. The van der Waals surface area contributed by atoms with Crippen LogP contribution in [-0.4, -0.2) is 22.9 Å². The van der Waals surface area contributed by atoms with Gasteiger partial charge in [0.15, 0.2) is 0 Å². The summed E-state index contributed by atoms with van der Waals surface area (Å²) in [6.45, 7) is 0.413. The maximum atomic E-state index is 9.74. The molecule has 2 N–H and O–H groups in total. The number of methoxy groups -OCH3 is 1. The van der Waals surface area contributed by atoms with E-state index in [1.807, 2.05) is 12.1 Å². The van der Waals surface area contributed by atoms with Crippen molar-refractivity contribution in [3.05, 3.63) is 29.3 Å². The van der Waals surface area contributed by atoms with E-state index in [9.17, 15) is 10.2 Å². The van der Waals surface area contributed by atoms with Crippen LogP contribution in [0.1, 0.15) is 24.0 Å². The minimum Gasteiger partial charge on any atom is -0.508 e. The molecule has 1 saturated carbocycles. The summed E-state index contributed by atoms with van der Waals surface area (Å²) in [6.07, 6.45) is 2.37. The molecule has 3 heteroatoms. The Morgan fingerprint density at radius 3 is 2.67 bits per heavy atom. The van der Waals surface area contributed by atoms with Gasteiger partial charge in [-0.2, -0.15) is 0 Å². The molecule has 0 amide bonds. The molecule has 0 saturated heterocycles. The van der Waals surface area contributed by atoms with Gasteiger partial charge >= 0.3 is 0 Å². The number of aromatic hydroxyl groups is 1. The van der Waals surface area contributed by atoms with Gasteiger partial charge in [-0.25, -0.2) is 0 Å². The first kappa shape index (κ1) is 10.5. The molecule has 0 spiro atoms. The van der Waals surface area contributed by atoms with Crippen LogP contribution < -0.4 is 0 Å². The predicted molar refractivity (Wildman–Crippen MR) is 56.7 cm³/mol. The van der Waals surface area contributed by atoms with E-state index in [1.54, 1.807) is 13.2 Å². The van der Waals surface area contributed by atoms with Crippen molar-refractivity contribution in [1.29, 1.82) is 0 Å². The summed E-state index contributed by atoms with van der Waals surface area (Å²) >= 11 is 0. The van der Waals surface area contributed by atoms with Crippen molar-refractivity contribution >= 4 is 0 Å². The van der Waals surface area contributed by atoms with E-state index in [4.69, 9.17) is 4.74 Å². The lowest BCUT2D eigenvalue weighted by molar-refractivity contribution is 0.151. The van der Waals surface area contributed by atoms with Gasteiger partial charge in [-0.15, -0.1) is 0 Å². The first-order valence-corrected chi connectivity index (χ1v) is 5.15. The summed E-state index contributed by atoms with van der Waals surface area (Å²) < 4.78 is 4.95. The van der Waals surface area contributed by atoms with Crippen LogP contribution in [0.5, 0.6) is 5.75 Å². The molecule has 0 heterocycles. The zero-order valence-corrected chi connectivity index (χ0v) is 8.86. The average Bonchev–Trinajstić information content (AvgIpc) is 2.89. The van der Waals surface area contributed by atoms with Gasteiger partial charge in [-0.05, 0) is 24.5 Å². The molecule has 0 aromatic heterocycles. The molecule has 0 bridgehead atoms. The summed E-state index contributed by atoms with van der Waals surface area (Å²) in [5.41, 5.74) is 1.26. The van der Waals surface area contributed by atoms with Gasteiger partial charge in [0.1, 0.15) is 5.75 Å². The van der Waals surface area contributed by atoms with E-state index in [1.165, 1.54) is 0 Å². The lowest BCUT2D eigenvalue weighted by atomic mass is 10.0. The topological polar surface area (TPSA) is 49.7 Å². The molecule has 1 aromatic rings. The molecule has 0 aliphatic heterocycles. The van der Waals surface area contributed by atoms with Crippen LogP contribution in [0.3, 0.4) is 0 Å². The van der Waals surface area contributed by atoms with Crippen molar-refractivity contribution < 1.29 is 14.9 Å². The summed E-state index contributed by atoms with van der Waals surface area (Å²) in [4.78, 5) is 0. The molecule has 15 heavy (non-hydrogen) atoms. The standard InChI is InChI=1S/C12H16O3/c1-15-8-10-3-2-9(6-11(10)13)7-12(14)4-5-12/h2-3,6,13-14H,4-5,7-8H2,1H3. The monoisotopic (exact) mass is 208 g/mol. The van der Waals surface area contributed by atoms with Gasteiger partial charge in [0.2, 0.25) is 0 Å². The van der Waals surface area contributed by atoms with Gasteiger partial charge in [-0.1, -0.05) is 12.1 Å². The number of ether oxygens (including phenoxy) is 1. The summed E-state index contributed by atoms with van der Waals surface area (Å²) in [5.74, 6) is 0.249. The lowest BCUT2D eigenvalue weighted by Crippen LogP contribution is -2.10. The molecule has 1 aromatic carbocycles. The van der Waals surface area contributed by atoms with Gasteiger partial charge in [0.05, 0.1) is 12.2 Å². The van der Waals surface area contributed by atoms with Crippen molar-refractivity contribution in [3.63, 3.8) is 0 Å². The second kappa shape index (κ2) is 3.83. The fourth-order valence-corrected chi connectivity index (χ4v) is 1.70. The molecule has 0 atom stereocenters. The van der Waals surface area contributed by atoms with Crippen molar-refractivity contribution in [2.24, 2.45) is 0 Å². The highest BCUT2D eigenvalue weighted by Crippen LogP contribution is 2.38. The van der Waals surface area contributed by atoms with Crippen molar-refractivity contribution in [2.75, 3.05) is 7.11 Å². The van der Waals surface area contributed by atoms with Crippen LogP contribution in [0.15, 0.2) is 18.2 Å². The molecule has 0 unspecified atom stereocenters. The van der Waals surface area contributed by atoms with Crippen LogP contribution in [0.2, 0.25) is 0 Å². The molecule has 3 nitrogen and oxygen atoms in total. The quantitative estimate of drug-likeness (QED) is 0.790. The van der Waals surface area contributed by atoms with E-state index in [0.717, 1.165) is 24.0 Å². The maximum absolute atomic E-state index is 9.74. The van der Waals surface area contributed by atoms with Gasteiger partial charge in [-0.3, -0.25) is 0 Å². The Labute approximate surface area is 89.3 Å². The largest absolute Gasteiger partial charge is 0.508 e. The molecule has 1 aliphatic carbocycles. The number of hydrogen-bond acceptors (Lipinski definition) is 3. The Bertz CT molecular complexity index is 356. The average molecular weight is 208 g/mol. The van der Waals surface area contributed by atoms with Crippen molar-refractivity contribution in [3.8, 4) is 5.75 Å². The van der Waals surface area contributed by atoms with E-state index >= 15 is 0 Å². The third-order valence-corrected chi connectivity index (χ3v) is 2.81. The Kier molecular flexibility index (Phi) is 2.67. The van der Waals surface area contributed by atoms with E-state index in [0.29, 0.717) is 13.0 Å². The smallest absolute Gasteiger partial charge is 0.121 e. The number of hydrogen-bond donors (Lipinski definition) is 2. The van der Waals surface area contributed by atoms with E-state index in [-0.39, 0.29) is 5.75 Å². The molecule has 1 aliphatic rings. The summed E-state index contributed by atoms with van der Waals surface area (Å²) in [5, 5.41) is 19.4. The predicted octanol–water partition coefficient (Wildman–Crippen LogP) is 1.61. The minimum atomic E-state index is -0.505. The first-order chi connectivity index (χ1) is 7.13. The fourth-order valence-electron chi connectivity index (χ4n) is 1.70. The van der Waals surface area contributed by atoms with Gasteiger partial charge in [0, 0.05) is 19.1 Å². The Hall–Kier alpha value is -1.06. The highest BCUT2D eigenvalue weighted by Gasteiger charge is 2.40.